The summed E-state index contributed by atoms with van der Waals surface area (Å²) in [7, 11) is 0. The lowest BCUT2D eigenvalue weighted by atomic mass is 9.87. The molecule has 0 bridgehead atoms. The maximum absolute atomic E-state index is 11.1. The molecule has 1 N–H and O–H groups in total. The predicted octanol–water partition coefficient (Wildman–Crippen LogP) is 7.41. The molecule has 1 aromatic carbocycles. The van der Waals surface area contributed by atoms with E-state index in [9.17, 15) is 4.79 Å². The van der Waals surface area contributed by atoms with E-state index in [0.29, 0.717) is 5.92 Å². The number of unbranched alkanes of at least 4 members (excludes halogenated alkanes) is 7. The van der Waals surface area contributed by atoms with Gasteiger partial charge in [-0.2, -0.15) is 0 Å². The molecule has 25 heavy (non-hydrogen) atoms. The minimum Gasteiger partial charge on any atom is -0.481 e. The Kier molecular flexibility index (Phi) is 12.2. The number of carbonyl (C=O) groups is 1. The summed E-state index contributed by atoms with van der Waals surface area (Å²) < 4.78 is 1.26. The molecule has 0 amide bonds. The van der Waals surface area contributed by atoms with Crippen molar-refractivity contribution in [3.63, 3.8) is 0 Å². The zero-order valence-electron chi connectivity index (χ0n) is 16.0. The molecule has 0 heterocycles. The molecule has 0 saturated heterocycles. The molecule has 0 fully saturated rings. The van der Waals surface area contributed by atoms with Crippen molar-refractivity contribution in [1.29, 1.82) is 0 Å². The fourth-order valence-electron chi connectivity index (χ4n) is 3.31. The third-order valence-corrected chi connectivity index (χ3v) is 5.84. The normalized spacial score (nSPS) is 13.6. The number of hydrogen-bond acceptors (Lipinski definition) is 1. The molecule has 0 spiro atoms. The summed E-state index contributed by atoms with van der Waals surface area (Å²) in [5.41, 5.74) is 1.38. The molecule has 2 nitrogen and oxygen atoms in total. The van der Waals surface area contributed by atoms with Crippen molar-refractivity contribution in [1.82, 2.24) is 0 Å². The van der Waals surface area contributed by atoms with Crippen LogP contribution in [0.4, 0.5) is 0 Å². The summed E-state index contributed by atoms with van der Waals surface area (Å²) in [6, 6.07) is 8.78. The SMILES string of the molecule is CCCCCCCCCCC(CC[C@H](C)C(=O)O)c1ccc(I)cc1. The van der Waals surface area contributed by atoms with Gasteiger partial charge in [0.05, 0.1) is 5.92 Å². The van der Waals surface area contributed by atoms with Gasteiger partial charge in [-0.3, -0.25) is 4.79 Å². The second-order valence-electron chi connectivity index (χ2n) is 7.33. The molecule has 0 aromatic heterocycles. The van der Waals surface area contributed by atoms with Crippen LogP contribution in [0, 0.1) is 9.49 Å². The number of aliphatic carboxylic acids is 1. The monoisotopic (exact) mass is 458 g/mol. The average molecular weight is 458 g/mol. The minimum atomic E-state index is -0.673. The van der Waals surface area contributed by atoms with E-state index in [2.05, 4.69) is 53.8 Å². The van der Waals surface area contributed by atoms with Gasteiger partial charge < -0.3 is 5.11 Å². The Morgan fingerprint density at radius 1 is 0.920 bits per heavy atom. The molecular formula is C22H35IO2. The lowest BCUT2D eigenvalue weighted by Gasteiger charge is -2.19. The highest BCUT2D eigenvalue weighted by Gasteiger charge is 2.16. The first kappa shape index (κ1) is 22.5. The van der Waals surface area contributed by atoms with Crippen LogP contribution in [0.5, 0.6) is 0 Å². The first-order valence-electron chi connectivity index (χ1n) is 10.0. The fourth-order valence-corrected chi connectivity index (χ4v) is 3.67. The van der Waals surface area contributed by atoms with Gasteiger partial charge in [-0.25, -0.2) is 0 Å². The minimum absolute atomic E-state index is 0.245. The smallest absolute Gasteiger partial charge is 0.306 e. The second kappa shape index (κ2) is 13.6. The standard InChI is InChI=1S/C22H35IO2/c1-3-4-5-6-7-8-9-10-11-19(13-12-18(2)22(24)25)20-14-16-21(23)17-15-20/h14-19H,3-13H2,1-2H3,(H,24,25)/t18-,19?/m0/s1. The van der Waals surface area contributed by atoms with Gasteiger partial charge in [0.1, 0.15) is 0 Å². The van der Waals surface area contributed by atoms with Crippen LogP contribution in [-0.2, 0) is 4.79 Å². The van der Waals surface area contributed by atoms with Gasteiger partial charge >= 0.3 is 5.97 Å². The Balaban J connectivity index is 2.40. The van der Waals surface area contributed by atoms with Crippen molar-refractivity contribution in [3.05, 3.63) is 33.4 Å². The number of rotatable bonds is 14. The maximum atomic E-state index is 11.1. The van der Waals surface area contributed by atoms with Gasteiger partial charge in [0, 0.05) is 3.57 Å². The molecule has 1 aromatic rings. The van der Waals surface area contributed by atoms with Crippen molar-refractivity contribution in [2.45, 2.75) is 90.4 Å². The van der Waals surface area contributed by atoms with Crippen molar-refractivity contribution in [2.75, 3.05) is 0 Å². The van der Waals surface area contributed by atoms with E-state index in [1.165, 1.54) is 66.9 Å². The lowest BCUT2D eigenvalue weighted by Crippen LogP contribution is -2.11. The van der Waals surface area contributed by atoms with Crippen LogP contribution in [0.3, 0.4) is 0 Å². The van der Waals surface area contributed by atoms with E-state index in [-0.39, 0.29) is 5.92 Å². The van der Waals surface area contributed by atoms with E-state index >= 15 is 0 Å². The van der Waals surface area contributed by atoms with Gasteiger partial charge in [0.25, 0.3) is 0 Å². The molecule has 0 aliphatic rings. The van der Waals surface area contributed by atoms with Crippen LogP contribution >= 0.6 is 22.6 Å². The third-order valence-electron chi connectivity index (χ3n) is 5.12. The van der Waals surface area contributed by atoms with Crippen LogP contribution in [0.2, 0.25) is 0 Å². The van der Waals surface area contributed by atoms with Crippen molar-refractivity contribution in [2.24, 2.45) is 5.92 Å². The van der Waals surface area contributed by atoms with Crippen molar-refractivity contribution >= 4 is 28.6 Å². The summed E-state index contributed by atoms with van der Waals surface area (Å²) in [5.74, 6) is -0.419. The summed E-state index contributed by atoms with van der Waals surface area (Å²) in [6.07, 6.45) is 13.6. The molecule has 1 unspecified atom stereocenters. The van der Waals surface area contributed by atoms with E-state index < -0.39 is 5.97 Å². The summed E-state index contributed by atoms with van der Waals surface area (Å²) in [4.78, 5) is 11.1. The molecule has 0 aliphatic carbocycles. The van der Waals surface area contributed by atoms with E-state index in [0.717, 1.165) is 12.8 Å². The van der Waals surface area contributed by atoms with E-state index in [1.807, 2.05) is 6.92 Å². The van der Waals surface area contributed by atoms with Gasteiger partial charge in [0.2, 0.25) is 0 Å². The molecule has 2 atom stereocenters. The van der Waals surface area contributed by atoms with Crippen LogP contribution in [0.25, 0.3) is 0 Å². The number of hydrogen-bond donors (Lipinski definition) is 1. The number of halogens is 1. The zero-order valence-corrected chi connectivity index (χ0v) is 18.1. The Morgan fingerprint density at radius 2 is 1.48 bits per heavy atom. The largest absolute Gasteiger partial charge is 0.481 e. The van der Waals surface area contributed by atoms with Gasteiger partial charge in [-0.05, 0) is 65.5 Å². The van der Waals surface area contributed by atoms with Crippen LogP contribution in [0.1, 0.15) is 96.0 Å². The Bertz CT molecular complexity index is 469. The molecule has 0 radical (unpaired) electrons. The summed E-state index contributed by atoms with van der Waals surface area (Å²) in [5, 5.41) is 9.14. The Morgan fingerprint density at radius 3 is 2.04 bits per heavy atom. The highest BCUT2D eigenvalue weighted by Crippen LogP contribution is 2.29. The van der Waals surface area contributed by atoms with Crippen LogP contribution in [0.15, 0.2) is 24.3 Å². The number of carboxylic acid groups (broad SMARTS) is 1. The zero-order chi connectivity index (χ0) is 18.5. The number of benzene rings is 1. The Labute approximate surface area is 167 Å². The quantitative estimate of drug-likeness (QED) is 0.233. The van der Waals surface area contributed by atoms with Gasteiger partial charge in [-0.1, -0.05) is 77.3 Å². The van der Waals surface area contributed by atoms with Crippen LogP contribution in [-0.4, -0.2) is 11.1 Å². The predicted molar refractivity (Wildman–Crippen MR) is 115 cm³/mol. The molecule has 0 saturated carbocycles. The molecular weight excluding hydrogens is 423 g/mol. The first-order chi connectivity index (χ1) is 12.0. The highest BCUT2D eigenvalue weighted by atomic mass is 127. The number of carboxylic acids is 1. The third kappa shape index (κ3) is 10.2. The second-order valence-corrected chi connectivity index (χ2v) is 8.57. The average Bonchev–Trinajstić information content (AvgIpc) is 2.60. The van der Waals surface area contributed by atoms with E-state index in [4.69, 9.17) is 5.11 Å². The highest BCUT2D eigenvalue weighted by molar-refractivity contribution is 14.1. The maximum Gasteiger partial charge on any atom is 0.306 e. The summed E-state index contributed by atoms with van der Waals surface area (Å²) in [6.45, 7) is 4.08. The molecule has 3 heteroatoms. The van der Waals surface area contributed by atoms with Crippen LogP contribution < -0.4 is 0 Å². The lowest BCUT2D eigenvalue weighted by molar-refractivity contribution is -0.141. The molecule has 1 rings (SSSR count). The van der Waals surface area contributed by atoms with Gasteiger partial charge in [-0.15, -0.1) is 0 Å². The molecule has 142 valence electrons. The fraction of sp³-hybridized carbons (Fsp3) is 0.682. The molecule has 0 aliphatic heterocycles. The van der Waals surface area contributed by atoms with Crippen molar-refractivity contribution < 1.29 is 9.90 Å². The van der Waals surface area contributed by atoms with Gasteiger partial charge in [0.15, 0.2) is 0 Å². The van der Waals surface area contributed by atoms with E-state index in [1.54, 1.807) is 0 Å². The van der Waals surface area contributed by atoms with Crippen molar-refractivity contribution in [3.8, 4) is 0 Å². The summed E-state index contributed by atoms with van der Waals surface area (Å²) >= 11 is 2.34. The Hall–Kier alpha value is -0.580. The topological polar surface area (TPSA) is 37.3 Å². The first-order valence-corrected chi connectivity index (χ1v) is 11.1.